The van der Waals surface area contributed by atoms with Crippen LogP contribution in [0.1, 0.15) is 0 Å². The highest BCUT2D eigenvalue weighted by Gasteiger charge is 2.05. The first kappa shape index (κ1) is 14.0. The van der Waals surface area contributed by atoms with Crippen molar-refractivity contribution in [3.05, 3.63) is 60.0 Å². The molecule has 0 aliphatic carbocycles. The third kappa shape index (κ3) is 5.43. The predicted octanol–water partition coefficient (Wildman–Crippen LogP) is 2.24. The van der Waals surface area contributed by atoms with Crippen molar-refractivity contribution in [3.63, 3.8) is 0 Å². The largest absolute Gasteiger partial charge is 0.404 e. The van der Waals surface area contributed by atoms with Crippen LogP contribution in [0.3, 0.4) is 0 Å². The molecule has 0 aliphatic heterocycles. The summed E-state index contributed by atoms with van der Waals surface area (Å²) in [4.78, 5) is 1.00. The van der Waals surface area contributed by atoms with E-state index in [4.69, 9.17) is 5.73 Å². The molecule has 0 aromatic rings. The lowest BCUT2D eigenvalue weighted by Crippen LogP contribution is -2.10. The van der Waals surface area contributed by atoms with Crippen LogP contribution < -0.4 is 5.73 Å². The summed E-state index contributed by atoms with van der Waals surface area (Å²) in [5, 5.41) is 0. The fourth-order valence-electron chi connectivity index (χ4n) is 0.894. The molecule has 2 radical (unpaired) electrons. The van der Waals surface area contributed by atoms with E-state index in [1.54, 1.807) is 30.1 Å². The average Bonchev–Trinajstić information content (AvgIpc) is 2.26. The maximum Gasteiger partial charge on any atom is 0.115 e. The van der Waals surface area contributed by atoms with Crippen LogP contribution in [-0.2, 0) is 0 Å². The first-order valence-corrected chi connectivity index (χ1v) is 5.70. The highest BCUT2D eigenvalue weighted by molar-refractivity contribution is 8.02. The zero-order valence-corrected chi connectivity index (χ0v) is 9.89. The molecule has 15 heavy (non-hydrogen) atoms. The lowest BCUT2D eigenvalue weighted by molar-refractivity contribution is 1.57. The van der Waals surface area contributed by atoms with Gasteiger partial charge < -0.3 is 5.73 Å². The van der Waals surface area contributed by atoms with Crippen molar-refractivity contribution >= 4 is 26.1 Å². The highest BCUT2D eigenvalue weighted by atomic mass is 32.2. The van der Waals surface area contributed by atoms with Crippen LogP contribution in [0, 0.1) is 0 Å². The van der Waals surface area contributed by atoms with Crippen LogP contribution in [0.25, 0.3) is 0 Å². The predicted molar refractivity (Wildman–Crippen MR) is 74.9 cm³/mol. The summed E-state index contributed by atoms with van der Waals surface area (Å²) in [5.41, 5.74) is 7.40. The molecule has 4 heteroatoms. The van der Waals surface area contributed by atoms with Crippen LogP contribution >= 0.6 is 11.8 Å². The Bertz CT molecular complexity index is 306. The molecule has 0 bridgehead atoms. The van der Waals surface area contributed by atoms with E-state index in [9.17, 15) is 0 Å². The second-order valence-corrected chi connectivity index (χ2v) is 3.55. The molecule has 0 aliphatic rings. The van der Waals surface area contributed by atoms with Gasteiger partial charge in [0, 0.05) is 11.1 Å². The third-order valence-corrected chi connectivity index (χ3v) is 2.50. The number of hydrogen-bond donors (Lipinski definition) is 1. The lowest BCUT2D eigenvalue weighted by Gasteiger charge is -2.07. The molecule has 0 saturated heterocycles. The summed E-state index contributed by atoms with van der Waals surface area (Å²) >= 11 is 1.59. The van der Waals surface area contributed by atoms with E-state index >= 15 is 0 Å². The number of thioether (sulfide) groups is 1. The molecule has 0 saturated carbocycles. The minimum absolute atomic E-state index is 0.863. The van der Waals surface area contributed by atoms with E-state index < -0.39 is 0 Å². The molecule has 0 rings (SSSR count). The van der Waals surface area contributed by atoms with Gasteiger partial charge in [-0.05, 0) is 6.26 Å². The van der Waals surface area contributed by atoms with Gasteiger partial charge in [0.2, 0.25) is 0 Å². The minimum atomic E-state index is 0.863. The Morgan fingerprint density at radius 2 is 2.00 bits per heavy atom. The Kier molecular flexibility index (Phi) is 7.74. The van der Waals surface area contributed by atoms with E-state index in [-0.39, 0.29) is 0 Å². The van der Waals surface area contributed by atoms with Crippen LogP contribution in [0.2, 0.25) is 0 Å². The first-order valence-electron chi connectivity index (χ1n) is 4.48. The Morgan fingerprint density at radius 3 is 2.40 bits per heavy atom. The van der Waals surface area contributed by atoms with E-state index in [1.165, 1.54) is 0 Å². The smallest absolute Gasteiger partial charge is 0.115 e. The van der Waals surface area contributed by atoms with E-state index in [2.05, 4.69) is 19.7 Å². The Morgan fingerprint density at radius 1 is 1.33 bits per heavy atom. The number of nitrogens with two attached hydrogens (primary N) is 1. The molecule has 0 fully saturated rings. The fraction of sp³-hybridized carbons (Fsp3) is 0.0909. The molecular weight excluding hydrogens is 200 g/mol. The first-order chi connectivity index (χ1) is 7.19. The van der Waals surface area contributed by atoms with Crippen LogP contribution in [0.4, 0.5) is 0 Å². The Balaban J connectivity index is 4.55. The minimum Gasteiger partial charge on any atom is -0.404 e. The van der Waals surface area contributed by atoms with Crippen molar-refractivity contribution in [1.29, 1.82) is 0 Å². The zero-order valence-electron chi connectivity index (χ0n) is 9.07. The average molecular weight is 215 g/mol. The molecule has 0 atom stereocenters. The third-order valence-electron chi connectivity index (χ3n) is 1.69. The van der Waals surface area contributed by atoms with Crippen molar-refractivity contribution in [2.75, 3.05) is 6.26 Å². The summed E-state index contributed by atoms with van der Waals surface area (Å²) in [6.45, 7) is 11.1. The van der Waals surface area contributed by atoms with Gasteiger partial charge in [0.25, 0.3) is 0 Å². The van der Waals surface area contributed by atoms with Crippen molar-refractivity contribution in [2.24, 2.45) is 5.73 Å². The van der Waals surface area contributed by atoms with E-state index in [0.717, 1.165) is 15.9 Å². The molecule has 76 valence electrons. The monoisotopic (exact) mass is 215 g/mol. The SMILES string of the molecule is C=C/C=C([B][B]C(=C)C=C)\C(=C/N)SC. The maximum absolute atomic E-state index is 5.52. The molecule has 0 aromatic heterocycles. The fourth-order valence-corrected chi connectivity index (χ4v) is 1.40. The number of rotatable bonds is 7. The molecule has 0 unspecified atom stereocenters. The van der Waals surface area contributed by atoms with Crippen LogP contribution in [0.15, 0.2) is 60.0 Å². The molecular formula is C11H15B2NS. The van der Waals surface area contributed by atoms with Crippen molar-refractivity contribution in [2.45, 2.75) is 0 Å². The molecule has 0 aromatic carbocycles. The quantitative estimate of drug-likeness (QED) is 0.520. The Labute approximate surface area is 98.4 Å². The summed E-state index contributed by atoms with van der Waals surface area (Å²) in [6.07, 6.45) is 8.90. The molecule has 0 spiro atoms. The molecule has 0 heterocycles. The van der Waals surface area contributed by atoms with Gasteiger partial charge in [-0.15, -0.1) is 23.8 Å². The van der Waals surface area contributed by atoms with Crippen molar-refractivity contribution in [3.8, 4) is 0 Å². The number of allylic oxidation sites excluding steroid dienone is 5. The summed E-state index contributed by atoms with van der Waals surface area (Å²) < 4.78 is 0. The summed E-state index contributed by atoms with van der Waals surface area (Å²) in [6, 6.07) is 0. The van der Waals surface area contributed by atoms with E-state index in [1.807, 2.05) is 26.7 Å². The van der Waals surface area contributed by atoms with Gasteiger partial charge in [-0.1, -0.05) is 36.9 Å². The standard InChI is InChI=1S/C11H15B2NS/c1-5-7-10(11(8-14)15-4)13-12-9(3)6-2/h5-8H,1-3,14H2,4H3/b10-7+,11-8+. The second-order valence-electron chi connectivity index (χ2n) is 2.71. The van der Waals surface area contributed by atoms with Gasteiger partial charge in [0.1, 0.15) is 14.3 Å². The number of hydrogen-bond acceptors (Lipinski definition) is 2. The Hall–Kier alpha value is -1.02. The van der Waals surface area contributed by atoms with Gasteiger partial charge in [-0.25, -0.2) is 0 Å². The molecule has 2 N–H and O–H groups in total. The summed E-state index contributed by atoms with van der Waals surface area (Å²) in [7, 11) is 3.84. The molecule has 0 amide bonds. The van der Waals surface area contributed by atoms with E-state index in [0.29, 0.717) is 0 Å². The highest BCUT2D eigenvalue weighted by Crippen LogP contribution is 2.19. The van der Waals surface area contributed by atoms with Crippen LogP contribution in [0.5, 0.6) is 0 Å². The van der Waals surface area contributed by atoms with Crippen molar-refractivity contribution < 1.29 is 0 Å². The van der Waals surface area contributed by atoms with Gasteiger partial charge >= 0.3 is 0 Å². The maximum atomic E-state index is 5.52. The van der Waals surface area contributed by atoms with Gasteiger partial charge in [-0.3, -0.25) is 0 Å². The topological polar surface area (TPSA) is 26.0 Å². The summed E-state index contributed by atoms with van der Waals surface area (Å²) in [5.74, 6) is 0. The zero-order chi connectivity index (χ0) is 11.7. The lowest BCUT2D eigenvalue weighted by atomic mass is 9.33. The van der Waals surface area contributed by atoms with Gasteiger partial charge in [0.05, 0.1) is 0 Å². The van der Waals surface area contributed by atoms with Crippen molar-refractivity contribution in [1.82, 2.24) is 0 Å². The van der Waals surface area contributed by atoms with Gasteiger partial charge in [0.15, 0.2) is 0 Å². The van der Waals surface area contributed by atoms with Gasteiger partial charge in [-0.2, -0.15) is 0 Å². The normalized spacial score (nSPS) is 11.8. The molecule has 1 nitrogen and oxygen atoms in total. The second kappa shape index (κ2) is 8.30. The van der Waals surface area contributed by atoms with Crippen LogP contribution in [-0.4, -0.2) is 20.6 Å².